The van der Waals surface area contributed by atoms with E-state index in [-0.39, 0.29) is 11.9 Å². The Labute approximate surface area is 217 Å². The number of carbonyl (C=O) groups excluding carboxylic acids is 2. The third-order valence-electron chi connectivity index (χ3n) is 5.46. The number of anilines is 1. The van der Waals surface area contributed by atoms with Crippen molar-refractivity contribution in [3.63, 3.8) is 0 Å². The first kappa shape index (κ1) is 27.0. The van der Waals surface area contributed by atoms with E-state index in [9.17, 15) is 9.59 Å². The van der Waals surface area contributed by atoms with E-state index >= 15 is 0 Å². The Kier molecular flexibility index (Phi) is 10.1. The average Bonchev–Trinajstić information content (AvgIpc) is 2.92. The number of amides is 1. The van der Waals surface area contributed by atoms with E-state index in [1.807, 2.05) is 72.8 Å². The summed E-state index contributed by atoms with van der Waals surface area (Å²) < 4.78 is 10.9. The zero-order valence-corrected chi connectivity index (χ0v) is 21.3. The first-order valence-corrected chi connectivity index (χ1v) is 12.3. The number of benzene rings is 2. The van der Waals surface area contributed by atoms with Crippen LogP contribution < -0.4 is 21.1 Å². The van der Waals surface area contributed by atoms with Crippen molar-refractivity contribution in [3.05, 3.63) is 78.4 Å². The standard InChI is InChI=1S/C27H32N4O4S/c1-18(25(32)30-24(27(33)34-2)15-19-9-5-3-6-10-19)35-26-23(29-16-21(28)17-36)14-13-22(31-26)20-11-7-4-8-12-20/h3-14,18,21,24,29,36H,15-17,28H2,1-2H3,(H,30,32). The van der Waals surface area contributed by atoms with Crippen molar-refractivity contribution < 1.29 is 19.1 Å². The maximum Gasteiger partial charge on any atom is 0.328 e. The molecule has 8 nitrogen and oxygen atoms in total. The van der Waals surface area contributed by atoms with Gasteiger partial charge in [-0.25, -0.2) is 9.78 Å². The first-order chi connectivity index (χ1) is 17.4. The molecule has 0 bridgehead atoms. The highest BCUT2D eigenvalue weighted by atomic mass is 32.1. The van der Waals surface area contributed by atoms with E-state index in [1.54, 1.807) is 6.92 Å². The summed E-state index contributed by atoms with van der Waals surface area (Å²) in [7, 11) is 1.29. The molecule has 3 unspecified atom stereocenters. The number of nitrogens with two attached hydrogens (primary N) is 1. The zero-order chi connectivity index (χ0) is 25.9. The summed E-state index contributed by atoms with van der Waals surface area (Å²) >= 11 is 4.22. The summed E-state index contributed by atoms with van der Waals surface area (Å²) in [5.41, 5.74) is 9.09. The summed E-state index contributed by atoms with van der Waals surface area (Å²) in [5.74, 6) is -0.241. The Bertz CT molecular complexity index is 1130. The number of pyridine rings is 1. The van der Waals surface area contributed by atoms with Crippen LogP contribution in [-0.4, -0.2) is 54.5 Å². The molecule has 0 aliphatic rings. The van der Waals surface area contributed by atoms with Crippen LogP contribution in [0.5, 0.6) is 5.88 Å². The fourth-order valence-electron chi connectivity index (χ4n) is 3.44. The van der Waals surface area contributed by atoms with Gasteiger partial charge in [0.2, 0.25) is 5.88 Å². The molecule has 3 rings (SSSR count). The first-order valence-electron chi connectivity index (χ1n) is 11.7. The Morgan fingerprint density at radius 1 is 1.03 bits per heavy atom. The number of esters is 1. The van der Waals surface area contributed by atoms with Gasteiger partial charge in [-0.1, -0.05) is 60.7 Å². The van der Waals surface area contributed by atoms with Gasteiger partial charge in [0.05, 0.1) is 18.5 Å². The molecule has 0 saturated carbocycles. The van der Waals surface area contributed by atoms with Gasteiger partial charge in [0.25, 0.3) is 5.91 Å². The van der Waals surface area contributed by atoms with E-state index in [2.05, 4.69) is 28.2 Å². The Balaban J connectivity index is 1.78. The van der Waals surface area contributed by atoms with Crippen LogP contribution in [0.4, 0.5) is 5.69 Å². The second-order valence-corrected chi connectivity index (χ2v) is 8.64. The summed E-state index contributed by atoms with van der Waals surface area (Å²) in [6.45, 7) is 2.06. The topological polar surface area (TPSA) is 116 Å². The summed E-state index contributed by atoms with van der Waals surface area (Å²) in [6.07, 6.45) is -0.646. The molecular weight excluding hydrogens is 476 g/mol. The lowest BCUT2D eigenvalue weighted by Gasteiger charge is -2.21. The molecule has 0 spiro atoms. The number of nitrogens with one attached hydrogen (secondary N) is 2. The van der Waals surface area contributed by atoms with Gasteiger partial charge in [-0.15, -0.1) is 0 Å². The highest BCUT2D eigenvalue weighted by Gasteiger charge is 2.26. The van der Waals surface area contributed by atoms with Gasteiger partial charge in [0, 0.05) is 30.3 Å². The Hall–Kier alpha value is -3.56. The molecule has 4 N–H and O–H groups in total. The van der Waals surface area contributed by atoms with Crippen LogP contribution in [0.1, 0.15) is 12.5 Å². The van der Waals surface area contributed by atoms with Gasteiger partial charge in [-0.2, -0.15) is 12.6 Å². The molecule has 0 radical (unpaired) electrons. The number of thiol groups is 1. The lowest BCUT2D eigenvalue weighted by molar-refractivity contribution is -0.145. The number of hydrogen-bond donors (Lipinski definition) is 4. The minimum atomic E-state index is -0.939. The van der Waals surface area contributed by atoms with Gasteiger partial charge in [0.15, 0.2) is 6.10 Å². The van der Waals surface area contributed by atoms with Crippen LogP contribution in [0, 0.1) is 0 Å². The van der Waals surface area contributed by atoms with Gasteiger partial charge < -0.3 is 25.8 Å². The van der Waals surface area contributed by atoms with Gasteiger partial charge in [0.1, 0.15) is 6.04 Å². The van der Waals surface area contributed by atoms with Crippen molar-refractivity contribution in [3.8, 4) is 17.1 Å². The second kappa shape index (κ2) is 13.5. The largest absolute Gasteiger partial charge is 0.467 e. The molecule has 1 amide bonds. The minimum absolute atomic E-state index is 0.172. The fraction of sp³-hybridized carbons (Fsp3) is 0.296. The molecular formula is C27H32N4O4S. The quantitative estimate of drug-likeness (QED) is 0.220. The molecule has 1 aromatic heterocycles. The molecule has 0 aliphatic heterocycles. The second-order valence-electron chi connectivity index (χ2n) is 8.27. The molecule has 0 saturated heterocycles. The predicted octanol–water partition coefficient (Wildman–Crippen LogP) is 3.09. The average molecular weight is 509 g/mol. The molecule has 2 aromatic carbocycles. The monoisotopic (exact) mass is 508 g/mol. The van der Waals surface area contributed by atoms with Crippen LogP contribution >= 0.6 is 12.6 Å². The molecule has 9 heteroatoms. The van der Waals surface area contributed by atoms with E-state index in [4.69, 9.17) is 15.2 Å². The van der Waals surface area contributed by atoms with Gasteiger partial charge in [-0.3, -0.25) is 4.79 Å². The minimum Gasteiger partial charge on any atom is -0.467 e. The summed E-state index contributed by atoms with van der Waals surface area (Å²) in [4.78, 5) is 30.0. The van der Waals surface area contributed by atoms with Crippen molar-refractivity contribution in [2.45, 2.75) is 31.5 Å². The normalized spacial score (nSPS) is 13.2. The molecule has 3 atom stereocenters. The highest BCUT2D eigenvalue weighted by molar-refractivity contribution is 7.80. The van der Waals surface area contributed by atoms with Crippen LogP contribution in [0.25, 0.3) is 11.3 Å². The molecule has 0 fully saturated rings. The van der Waals surface area contributed by atoms with Crippen molar-refractivity contribution in [1.82, 2.24) is 10.3 Å². The predicted molar refractivity (Wildman–Crippen MR) is 144 cm³/mol. The van der Waals surface area contributed by atoms with Crippen LogP contribution in [-0.2, 0) is 20.7 Å². The van der Waals surface area contributed by atoms with Crippen molar-refractivity contribution >= 4 is 30.2 Å². The highest BCUT2D eigenvalue weighted by Crippen LogP contribution is 2.28. The third-order valence-corrected chi connectivity index (χ3v) is 5.93. The van der Waals surface area contributed by atoms with Crippen molar-refractivity contribution in [2.75, 3.05) is 24.7 Å². The lowest BCUT2D eigenvalue weighted by atomic mass is 10.1. The Morgan fingerprint density at radius 3 is 2.33 bits per heavy atom. The zero-order valence-electron chi connectivity index (χ0n) is 20.4. The van der Waals surface area contributed by atoms with Crippen molar-refractivity contribution in [2.24, 2.45) is 5.73 Å². The molecule has 0 aliphatic carbocycles. The number of carbonyl (C=O) groups is 2. The Morgan fingerprint density at radius 2 is 1.69 bits per heavy atom. The van der Waals surface area contributed by atoms with E-state index in [0.717, 1.165) is 11.1 Å². The lowest BCUT2D eigenvalue weighted by Crippen LogP contribution is -2.47. The van der Waals surface area contributed by atoms with E-state index < -0.39 is 24.0 Å². The third kappa shape index (κ3) is 7.73. The van der Waals surface area contributed by atoms with E-state index in [1.165, 1.54) is 7.11 Å². The smallest absolute Gasteiger partial charge is 0.328 e. The fourth-order valence-corrected chi connectivity index (χ4v) is 3.56. The summed E-state index contributed by atoms with van der Waals surface area (Å²) in [6, 6.07) is 21.7. The summed E-state index contributed by atoms with van der Waals surface area (Å²) in [5, 5.41) is 5.97. The number of ether oxygens (including phenoxy) is 2. The van der Waals surface area contributed by atoms with Gasteiger partial charge in [-0.05, 0) is 24.6 Å². The number of hydrogen-bond acceptors (Lipinski definition) is 8. The maximum atomic E-state index is 13.0. The van der Waals surface area contributed by atoms with Crippen LogP contribution in [0.15, 0.2) is 72.8 Å². The van der Waals surface area contributed by atoms with Gasteiger partial charge >= 0.3 is 5.97 Å². The van der Waals surface area contributed by atoms with E-state index in [0.29, 0.717) is 30.1 Å². The SMILES string of the molecule is COC(=O)C(Cc1ccccc1)NC(=O)C(C)Oc1nc(-c2ccccc2)ccc1NCC(N)CS. The molecule has 190 valence electrons. The number of aromatic nitrogens is 1. The molecule has 36 heavy (non-hydrogen) atoms. The molecule has 1 heterocycles. The van der Waals surface area contributed by atoms with Crippen molar-refractivity contribution in [1.29, 1.82) is 0 Å². The maximum absolute atomic E-state index is 13.0. The molecule has 3 aromatic rings. The number of rotatable bonds is 12. The number of methoxy groups -OCH3 is 1. The van der Waals surface area contributed by atoms with Crippen LogP contribution in [0.3, 0.4) is 0 Å². The number of nitrogens with zero attached hydrogens (tertiary/aromatic N) is 1. The van der Waals surface area contributed by atoms with Crippen LogP contribution in [0.2, 0.25) is 0 Å².